The first-order valence-corrected chi connectivity index (χ1v) is 6.67. The second-order valence-corrected chi connectivity index (χ2v) is 5.26. The number of aryl methyl sites for hydroxylation is 1. The van der Waals surface area contributed by atoms with Gasteiger partial charge in [-0.2, -0.15) is 5.26 Å². The fraction of sp³-hybridized carbons (Fsp3) is 0.125. The molecule has 2 nitrogen and oxygen atoms in total. The minimum absolute atomic E-state index is 0.173. The summed E-state index contributed by atoms with van der Waals surface area (Å²) >= 11 is 3.33. The molecular weight excluding hydrogens is 302 g/mol. The molecule has 2 aromatic carbocycles. The van der Waals surface area contributed by atoms with Crippen LogP contribution in [0.2, 0.25) is 0 Å². The highest BCUT2D eigenvalue weighted by Crippen LogP contribution is 2.22. The summed E-state index contributed by atoms with van der Waals surface area (Å²) in [5.74, 6) is -0.928. The highest BCUT2D eigenvalue weighted by molar-refractivity contribution is 9.10. The van der Waals surface area contributed by atoms with Crippen molar-refractivity contribution >= 4 is 21.7 Å². The number of benzene rings is 2. The molecule has 0 heterocycles. The van der Waals surface area contributed by atoms with Gasteiger partial charge in [0, 0.05) is 10.0 Å². The zero-order valence-corrected chi connectivity index (χ0v) is 12.0. The van der Waals surface area contributed by atoms with Crippen LogP contribution in [0.15, 0.2) is 53.0 Å². The van der Waals surface area contributed by atoms with Crippen molar-refractivity contribution in [2.75, 3.05) is 0 Å². The van der Waals surface area contributed by atoms with Crippen molar-refractivity contribution in [2.24, 2.45) is 0 Å². The van der Waals surface area contributed by atoms with E-state index in [2.05, 4.69) is 22.0 Å². The van der Waals surface area contributed by atoms with E-state index in [1.807, 2.05) is 37.3 Å². The van der Waals surface area contributed by atoms with Crippen LogP contribution in [0.1, 0.15) is 27.4 Å². The molecule has 3 heteroatoms. The van der Waals surface area contributed by atoms with E-state index in [4.69, 9.17) is 0 Å². The number of halogens is 1. The van der Waals surface area contributed by atoms with Crippen molar-refractivity contribution in [2.45, 2.75) is 12.8 Å². The van der Waals surface area contributed by atoms with E-state index in [0.717, 1.165) is 15.6 Å². The molecule has 0 saturated carbocycles. The predicted molar refractivity (Wildman–Crippen MR) is 78.0 cm³/mol. The Balaban J connectivity index is 2.35. The zero-order chi connectivity index (χ0) is 13.8. The molecule has 0 spiro atoms. The van der Waals surface area contributed by atoms with Crippen LogP contribution in [0.25, 0.3) is 0 Å². The molecule has 0 aliphatic carbocycles. The van der Waals surface area contributed by atoms with E-state index in [-0.39, 0.29) is 5.78 Å². The molecule has 94 valence electrons. The largest absolute Gasteiger partial charge is 0.292 e. The van der Waals surface area contributed by atoms with Crippen molar-refractivity contribution < 1.29 is 4.79 Å². The number of nitrogens with zero attached hydrogens (tertiary/aromatic N) is 1. The van der Waals surface area contributed by atoms with Crippen molar-refractivity contribution in [3.63, 3.8) is 0 Å². The molecule has 1 unspecified atom stereocenters. The Morgan fingerprint density at radius 2 is 1.89 bits per heavy atom. The average molecular weight is 314 g/mol. The molecule has 0 fully saturated rings. The van der Waals surface area contributed by atoms with Crippen LogP contribution < -0.4 is 0 Å². The van der Waals surface area contributed by atoms with Crippen molar-refractivity contribution in [1.29, 1.82) is 5.26 Å². The van der Waals surface area contributed by atoms with Gasteiger partial charge in [-0.05, 0) is 24.6 Å². The quantitative estimate of drug-likeness (QED) is 0.795. The van der Waals surface area contributed by atoms with Gasteiger partial charge < -0.3 is 0 Å². The summed E-state index contributed by atoms with van der Waals surface area (Å²) in [5, 5.41) is 9.27. The van der Waals surface area contributed by atoms with Crippen molar-refractivity contribution in [3.8, 4) is 6.07 Å². The van der Waals surface area contributed by atoms with Gasteiger partial charge in [0.25, 0.3) is 0 Å². The highest BCUT2D eigenvalue weighted by atomic mass is 79.9. The lowest BCUT2D eigenvalue weighted by atomic mass is 9.91. The molecule has 2 rings (SSSR count). The Labute approximate surface area is 120 Å². The van der Waals surface area contributed by atoms with Crippen LogP contribution in [0.5, 0.6) is 0 Å². The lowest BCUT2D eigenvalue weighted by Crippen LogP contribution is -2.11. The van der Waals surface area contributed by atoms with Crippen LogP contribution in [-0.4, -0.2) is 5.78 Å². The monoisotopic (exact) mass is 313 g/mol. The number of hydrogen-bond acceptors (Lipinski definition) is 2. The third-order valence-electron chi connectivity index (χ3n) is 2.91. The van der Waals surface area contributed by atoms with Gasteiger partial charge in [-0.1, -0.05) is 57.9 Å². The first kappa shape index (κ1) is 13.5. The first-order chi connectivity index (χ1) is 9.11. The summed E-state index contributed by atoms with van der Waals surface area (Å²) in [6, 6.07) is 16.7. The standard InChI is InChI=1S/C16H12BrNO/c1-11-5-7-12(8-6-11)15(10-18)16(19)13-3-2-4-14(17)9-13/h2-9,15H,1H3. The summed E-state index contributed by atoms with van der Waals surface area (Å²) < 4.78 is 0.832. The second kappa shape index (κ2) is 5.81. The summed E-state index contributed by atoms with van der Waals surface area (Å²) in [5.41, 5.74) is 2.38. The Bertz CT molecular complexity index is 641. The lowest BCUT2D eigenvalue weighted by molar-refractivity contribution is 0.0979. The molecule has 0 radical (unpaired) electrons. The van der Waals surface area contributed by atoms with Crippen LogP contribution in [-0.2, 0) is 0 Å². The number of hydrogen-bond donors (Lipinski definition) is 0. The lowest BCUT2D eigenvalue weighted by Gasteiger charge is -2.09. The summed E-state index contributed by atoms with van der Waals surface area (Å²) in [7, 11) is 0. The Morgan fingerprint density at radius 3 is 2.47 bits per heavy atom. The zero-order valence-electron chi connectivity index (χ0n) is 10.4. The van der Waals surface area contributed by atoms with Crippen molar-refractivity contribution in [3.05, 3.63) is 69.7 Å². The molecule has 0 aliphatic heterocycles. The molecule has 0 bridgehead atoms. The number of carbonyl (C=O) groups is 1. The van der Waals surface area contributed by atoms with Crippen LogP contribution in [0, 0.1) is 18.3 Å². The van der Waals surface area contributed by atoms with E-state index in [9.17, 15) is 10.1 Å². The normalized spacial score (nSPS) is 11.6. The molecular formula is C16H12BrNO. The molecule has 19 heavy (non-hydrogen) atoms. The fourth-order valence-corrected chi connectivity index (χ4v) is 2.25. The maximum absolute atomic E-state index is 12.4. The van der Waals surface area contributed by atoms with Gasteiger partial charge >= 0.3 is 0 Å². The van der Waals surface area contributed by atoms with Gasteiger partial charge in [-0.15, -0.1) is 0 Å². The molecule has 0 N–H and O–H groups in total. The van der Waals surface area contributed by atoms with E-state index < -0.39 is 5.92 Å². The van der Waals surface area contributed by atoms with Crippen LogP contribution in [0.4, 0.5) is 0 Å². The topological polar surface area (TPSA) is 40.9 Å². The number of carbonyl (C=O) groups excluding carboxylic acids is 1. The van der Waals surface area contributed by atoms with Gasteiger partial charge in [0.1, 0.15) is 5.92 Å². The van der Waals surface area contributed by atoms with Gasteiger partial charge in [0.05, 0.1) is 6.07 Å². The molecule has 0 saturated heterocycles. The highest BCUT2D eigenvalue weighted by Gasteiger charge is 2.21. The smallest absolute Gasteiger partial charge is 0.184 e. The maximum Gasteiger partial charge on any atom is 0.184 e. The third-order valence-corrected chi connectivity index (χ3v) is 3.40. The van der Waals surface area contributed by atoms with Crippen LogP contribution in [0.3, 0.4) is 0 Å². The maximum atomic E-state index is 12.4. The minimum atomic E-state index is -0.755. The number of rotatable bonds is 3. The molecule has 2 aromatic rings. The Hall–Kier alpha value is -1.92. The van der Waals surface area contributed by atoms with E-state index in [0.29, 0.717) is 5.56 Å². The fourth-order valence-electron chi connectivity index (χ4n) is 1.85. The summed E-state index contributed by atoms with van der Waals surface area (Å²) in [6.07, 6.45) is 0. The van der Waals surface area contributed by atoms with Crippen LogP contribution >= 0.6 is 15.9 Å². The second-order valence-electron chi connectivity index (χ2n) is 4.35. The van der Waals surface area contributed by atoms with E-state index in [1.165, 1.54) is 0 Å². The Kier molecular flexibility index (Phi) is 4.13. The molecule has 0 amide bonds. The average Bonchev–Trinajstić information content (AvgIpc) is 2.41. The molecule has 1 atom stereocenters. The summed E-state index contributed by atoms with van der Waals surface area (Å²) in [6.45, 7) is 1.97. The van der Waals surface area contributed by atoms with Gasteiger partial charge in [0.15, 0.2) is 5.78 Å². The van der Waals surface area contributed by atoms with Gasteiger partial charge in [-0.25, -0.2) is 0 Å². The van der Waals surface area contributed by atoms with Crippen molar-refractivity contribution in [1.82, 2.24) is 0 Å². The first-order valence-electron chi connectivity index (χ1n) is 5.88. The SMILES string of the molecule is Cc1ccc(C(C#N)C(=O)c2cccc(Br)c2)cc1. The number of ketones is 1. The number of nitriles is 1. The minimum Gasteiger partial charge on any atom is -0.292 e. The third kappa shape index (κ3) is 3.10. The molecule has 0 aromatic heterocycles. The summed E-state index contributed by atoms with van der Waals surface area (Å²) in [4.78, 5) is 12.4. The number of Topliss-reactive ketones (excluding diaryl/α,β-unsaturated/α-hetero) is 1. The van der Waals surface area contributed by atoms with Gasteiger partial charge in [0.2, 0.25) is 0 Å². The van der Waals surface area contributed by atoms with E-state index >= 15 is 0 Å². The molecule has 0 aliphatic rings. The van der Waals surface area contributed by atoms with Gasteiger partial charge in [-0.3, -0.25) is 4.79 Å². The van der Waals surface area contributed by atoms with E-state index in [1.54, 1.807) is 18.2 Å². The predicted octanol–water partition coefficient (Wildman–Crippen LogP) is 4.25. The Morgan fingerprint density at radius 1 is 1.21 bits per heavy atom.